The van der Waals surface area contributed by atoms with Gasteiger partial charge in [-0.15, -0.1) is 0 Å². The molecule has 0 spiro atoms. The average Bonchev–Trinajstić information content (AvgIpc) is 3.19. The fraction of sp³-hybridized carbons (Fsp3) is 0.240. The number of anilines is 1. The summed E-state index contributed by atoms with van der Waals surface area (Å²) in [6.45, 7) is 1.67. The molecular formula is C25H25N3O5. The highest BCUT2D eigenvalue weighted by Gasteiger charge is 2.28. The van der Waals surface area contributed by atoms with Gasteiger partial charge in [0, 0.05) is 17.5 Å². The van der Waals surface area contributed by atoms with Crippen molar-refractivity contribution in [2.24, 2.45) is 5.10 Å². The van der Waals surface area contributed by atoms with Crippen LogP contribution < -0.4 is 20.2 Å². The van der Waals surface area contributed by atoms with Gasteiger partial charge < -0.3 is 19.2 Å². The molecule has 0 saturated heterocycles. The zero-order valence-corrected chi connectivity index (χ0v) is 18.5. The minimum absolute atomic E-state index is 0.148. The summed E-state index contributed by atoms with van der Waals surface area (Å²) in [6, 6.07) is 16.3. The second kappa shape index (κ2) is 10.0. The molecule has 2 amide bonds. The molecular weight excluding hydrogens is 422 g/mol. The number of rotatable bonds is 7. The number of fused-ring (bicyclic) bond motifs is 1. The van der Waals surface area contributed by atoms with Crippen molar-refractivity contribution >= 4 is 23.2 Å². The van der Waals surface area contributed by atoms with Gasteiger partial charge in [0.25, 0.3) is 11.8 Å². The van der Waals surface area contributed by atoms with Gasteiger partial charge in [-0.25, -0.2) is 5.43 Å². The van der Waals surface area contributed by atoms with E-state index in [2.05, 4.69) is 15.8 Å². The van der Waals surface area contributed by atoms with Gasteiger partial charge in [0.15, 0.2) is 12.4 Å². The number of benzene rings is 2. The molecule has 2 N–H and O–H groups in total. The number of hydrogen-bond donors (Lipinski definition) is 2. The molecule has 0 aliphatic heterocycles. The van der Waals surface area contributed by atoms with Crippen LogP contribution in [0.2, 0.25) is 0 Å². The average molecular weight is 447 g/mol. The smallest absolute Gasteiger partial charge is 0.291 e. The lowest BCUT2D eigenvalue weighted by molar-refractivity contribution is -0.123. The Balaban J connectivity index is 1.47. The molecule has 1 heterocycles. The van der Waals surface area contributed by atoms with Gasteiger partial charge in [0.05, 0.1) is 18.5 Å². The molecule has 170 valence electrons. The van der Waals surface area contributed by atoms with Crippen molar-refractivity contribution < 1.29 is 23.5 Å². The number of methoxy groups -OCH3 is 1. The first-order valence-corrected chi connectivity index (χ1v) is 10.7. The Kier molecular flexibility index (Phi) is 6.73. The molecule has 1 aromatic heterocycles. The van der Waals surface area contributed by atoms with Gasteiger partial charge in [-0.05, 0) is 44.0 Å². The number of carbonyl (C=O) groups excluding carboxylic acids is 2. The normalized spacial score (nSPS) is 13.8. The molecule has 8 heteroatoms. The maximum Gasteiger partial charge on any atom is 0.291 e. The first-order valence-electron chi connectivity index (χ1n) is 10.7. The van der Waals surface area contributed by atoms with Crippen LogP contribution in [0, 0.1) is 6.92 Å². The third kappa shape index (κ3) is 5.06. The van der Waals surface area contributed by atoms with Crippen molar-refractivity contribution in [3.63, 3.8) is 0 Å². The molecule has 0 fully saturated rings. The van der Waals surface area contributed by atoms with E-state index in [0.717, 1.165) is 12.0 Å². The van der Waals surface area contributed by atoms with E-state index in [1.165, 1.54) is 0 Å². The second-order valence-electron chi connectivity index (χ2n) is 7.56. The molecule has 8 nitrogen and oxygen atoms in total. The van der Waals surface area contributed by atoms with Crippen molar-refractivity contribution in [1.29, 1.82) is 0 Å². The zero-order chi connectivity index (χ0) is 23.2. The van der Waals surface area contributed by atoms with Crippen LogP contribution in [0.15, 0.2) is 64.1 Å². The van der Waals surface area contributed by atoms with E-state index in [-0.39, 0.29) is 24.2 Å². The molecule has 0 bridgehead atoms. The van der Waals surface area contributed by atoms with Gasteiger partial charge in [-0.2, -0.15) is 5.10 Å². The SMILES string of the molecule is COc1ccccc1NC(=O)c1oc2c(c1C)/C(=N/NC(=O)COc1ccccc1)CCC2. The third-order valence-corrected chi connectivity index (χ3v) is 5.32. The maximum absolute atomic E-state index is 12.9. The highest BCUT2D eigenvalue weighted by molar-refractivity contribution is 6.09. The molecule has 0 saturated carbocycles. The molecule has 33 heavy (non-hydrogen) atoms. The van der Waals surface area contributed by atoms with Crippen LogP contribution in [0.25, 0.3) is 0 Å². The second-order valence-corrected chi connectivity index (χ2v) is 7.56. The van der Waals surface area contributed by atoms with Crippen molar-refractivity contribution in [2.45, 2.75) is 26.2 Å². The van der Waals surface area contributed by atoms with Gasteiger partial charge >= 0.3 is 0 Å². The van der Waals surface area contributed by atoms with E-state index in [1.54, 1.807) is 31.4 Å². The van der Waals surface area contributed by atoms with Crippen LogP contribution in [-0.2, 0) is 11.2 Å². The summed E-state index contributed by atoms with van der Waals surface area (Å²) in [7, 11) is 1.55. The molecule has 0 unspecified atom stereocenters. The number of aryl methyl sites for hydroxylation is 1. The number of hydrogen-bond acceptors (Lipinski definition) is 6. The summed E-state index contributed by atoms with van der Waals surface area (Å²) >= 11 is 0. The van der Waals surface area contributed by atoms with E-state index >= 15 is 0 Å². The number of furan rings is 1. The van der Waals surface area contributed by atoms with E-state index in [1.807, 2.05) is 37.3 Å². The van der Waals surface area contributed by atoms with E-state index in [0.29, 0.717) is 47.1 Å². The van der Waals surface area contributed by atoms with Crippen LogP contribution in [-0.4, -0.2) is 31.2 Å². The number of nitrogens with one attached hydrogen (secondary N) is 2. The summed E-state index contributed by atoms with van der Waals surface area (Å²) in [4.78, 5) is 25.1. The first-order chi connectivity index (χ1) is 16.1. The third-order valence-electron chi connectivity index (χ3n) is 5.32. The number of nitrogens with zero attached hydrogens (tertiary/aromatic N) is 1. The van der Waals surface area contributed by atoms with Gasteiger partial charge in [-0.1, -0.05) is 30.3 Å². The molecule has 1 aliphatic carbocycles. The molecule has 2 aromatic carbocycles. The summed E-state index contributed by atoms with van der Waals surface area (Å²) in [5.41, 5.74) is 5.25. The number of para-hydroxylation sites is 3. The van der Waals surface area contributed by atoms with Crippen molar-refractivity contribution in [3.8, 4) is 11.5 Å². The Morgan fingerprint density at radius 1 is 1.06 bits per heavy atom. The van der Waals surface area contributed by atoms with Gasteiger partial charge in [-0.3, -0.25) is 9.59 Å². The Hall–Kier alpha value is -4.07. The lowest BCUT2D eigenvalue weighted by Gasteiger charge is -2.13. The van der Waals surface area contributed by atoms with Crippen LogP contribution in [0.5, 0.6) is 11.5 Å². The van der Waals surface area contributed by atoms with Crippen molar-refractivity contribution in [3.05, 3.63) is 77.2 Å². The lowest BCUT2D eigenvalue weighted by Crippen LogP contribution is -2.27. The summed E-state index contributed by atoms with van der Waals surface area (Å²) in [6.07, 6.45) is 2.17. The van der Waals surface area contributed by atoms with Gasteiger partial charge in [0.2, 0.25) is 0 Å². The predicted molar refractivity (Wildman–Crippen MR) is 124 cm³/mol. The van der Waals surface area contributed by atoms with E-state index < -0.39 is 0 Å². The Labute approximate surface area is 191 Å². The fourth-order valence-electron chi connectivity index (χ4n) is 3.75. The fourth-order valence-corrected chi connectivity index (χ4v) is 3.75. The minimum Gasteiger partial charge on any atom is -0.495 e. The molecule has 3 aromatic rings. The summed E-state index contributed by atoms with van der Waals surface area (Å²) < 4.78 is 16.7. The predicted octanol–water partition coefficient (Wildman–Crippen LogP) is 4.08. The maximum atomic E-state index is 12.9. The Morgan fingerprint density at radius 2 is 1.82 bits per heavy atom. The van der Waals surface area contributed by atoms with E-state index in [9.17, 15) is 9.59 Å². The first kappa shape index (κ1) is 22.1. The van der Waals surface area contributed by atoms with Gasteiger partial charge in [0.1, 0.15) is 17.3 Å². The zero-order valence-electron chi connectivity index (χ0n) is 18.5. The van der Waals surface area contributed by atoms with Crippen LogP contribution in [0.3, 0.4) is 0 Å². The van der Waals surface area contributed by atoms with Crippen LogP contribution >= 0.6 is 0 Å². The number of carbonyl (C=O) groups is 2. The number of hydrazone groups is 1. The monoisotopic (exact) mass is 447 g/mol. The van der Waals surface area contributed by atoms with Crippen LogP contribution in [0.1, 0.15) is 40.3 Å². The highest BCUT2D eigenvalue weighted by Crippen LogP contribution is 2.31. The highest BCUT2D eigenvalue weighted by atomic mass is 16.5. The minimum atomic E-state index is -0.369. The molecule has 0 atom stereocenters. The summed E-state index contributed by atoms with van der Waals surface area (Å²) in [5.74, 6) is 1.34. The molecule has 0 radical (unpaired) electrons. The Bertz CT molecular complexity index is 1180. The number of ether oxygens (including phenoxy) is 2. The standard InChI is InChI=1S/C25H25N3O5/c1-16-23-19(27-28-22(29)15-32-17-9-4-3-5-10-17)12-8-14-21(23)33-24(16)25(30)26-18-11-6-7-13-20(18)31-2/h3-7,9-11,13H,8,12,14-15H2,1-2H3,(H,26,30)(H,28,29)/b27-19+. The molecule has 4 rings (SSSR count). The quantitative estimate of drug-likeness (QED) is 0.531. The molecule has 1 aliphatic rings. The largest absolute Gasteiger partial charge is 0.495 e. The summed E-state index contributed by atoms with van der Waals surface area (Å²) in [5, 5.41) is 7.15. The van der Waals surface area contributed by atoms with Crippen molar-refractivity contribution in [2.75, 3.05) is 19.0 Å². The van der Waals surface area contributed by atoms with Crippen LogP contribution in [0.4, 0.5) is 5.69 Å². The number of amides is 2. The lowest BCUT2D eigenvalue weighted by atomic mass is 9.93. The van der Waals surface area contributed by atoms with E-state index in [4.69, 9.17) is 13.9 Å². The van der Waals surface area contributed by atoms with Crippen molar-refractivity contribution in [1.82, 2.24) is 5.43 Å². The Morgan fingerprint density at radius 3 is 2.61 bits per heavy atom. The topological polar surface area (TPSA) is 102 Å².